The molecule has 0 spiro atoms. The topological polar surface area (TPSA) is 118 Å². The van der Waals surface area contributed by atoms with Gasteiger partial charge in [0.25, 0.3) is 5.91 Å². The largest absolute Gasteiger partial charge is 0.493 e. The third-order valence-corrected chi connectivity index (χ3v) is 4.25. The molecule has 0 unspecified atom stereocenters. The molecule has 1 aromatic heterocycles. The Morgan fingerprint density at radius 1 is 1.21 bits per heavy atom. The Kier molecular flexibility index (Phi) is 8.63. The summed E-state index contributed by atoms with van der Waals surface area (Å²) < 4.78 is 22.5. The second-order valence-electron chi connectivity index (χ2n) is 6.11. The summed E-state index contributed by atoms with van der Waals surface area (Å²) in [4.78, 5) is 34.6. The standard InChI is InChI=1S/C18H23N2O6P.CH4/c1-4-7-25-14-8-13(9-15(10-14)26-12(2)3)18(21)20-17-6-5-16(11-19-17)27(22,23)24;/h5-6,8-12H,4,7H2,1-3H3,(H,19,20,21)(H2,22,23,24);1H4. The summed E-state index contributed by atoms with van der Waals surface area (Å²) >= 11 is 0. The minimum Gasteiger partial charge on any atom is -0.493 e. The summed E-state index contributed by atoms with van der Waals surface area (Å²) in [6.07, 6.45) is 1.79. The van der Waals surface area contributed by atoms with E-state index in [0.717, 1.165) is 12.6 Å². The maximum atomic E-state index is 12.5. The molecule has 3 N–H and O–H groups in total. The predicted molar refractivity (Wildman–Crippen MR) is 109 cm³/mol. The first-order valence-electron chi connectivity index (χ1n) is 8.47. The van der Waals surface area contributed by atoms with E-state index >= 15 is 0 Å². The lowest BCUT2D eigenvalue weighted by atomic mass is 10.2. The molecule has 2 rings (SSSR count). The van der Waals surface area contributed by atoms with E-state index in [4.69, 9.17) is 19.3 Å². The highest BCUT2D eigenvalue weighted by molar-refractivity contribution is 7.60. The lowest BCUT2D eigenvalue weighted by molar-refractivity contribution is 0.102. The summed E-state index contributed by atoms with van der Waals surface area (Å²) in [6, 6.07) is 7.46. The smallest absolute Gasteiger partial charge is 0.357 e. The average Bonchev–Trinajstić information content (AvgIpc) is 2.59. The molecule has 2 aromatic rings. The fraction of sp³-hybridized carbons (Fsp3) is 0.368. The molecule has 0 saturated heterocycles. The number of carbonyl (C=O) groups is 1. The normalized spacial score (nSPS) is 10.9. The first kappa shape index (κ1) is 23.6. The van der Waals surface area contributed by atoms with Gasteiger partial charge >= 0.3 is 7.60 Å². The fourth-order valence-electron chi connectivity index (χ4n) is 2.17. The number of carbonyl (C=O) groups excluding carboxylic acids is 1. The second kappa shape index (κ2) is 10.2. The molecule has 28 heavy (non-hydrogen) atoms. The first-order valence-corrected chi connectivity index (χ1v) is 10.1. The number of amides is 1. The lowest BCUT2D eigenvalue weighted by Gasteiger charge is -2.14. The highest BCUT2D eigenvalue weighted by Gasteiger charge is 2.18. The number of rotatable bonds is 8. The van der Waals surface area contributed by atoms with E-state index in [9.17, 15) is 9.36 Å². The molecule has 0 aliphatic carbocycles. The van der Waals surface area contributed by atoms with Crippen LogP contribution >= 0.6 is 7.60 Å². The number of anilines is 1. The van der Waals surface area contributed by atoms with Crippen molar-refractivity contribution in [1.29, 1.82) is 0 Å². The van der Waals surface area contributed by atoms with Crippen molar-refractivity contribution < 1.29 is 28.6 Å². The van der Waals surface area contributed by atoms with Gasteiger partial charge in [0.2, 0.25) is 0 Å². The summed E-state index contributed by atoms with van der Waals surface area (Å²) in [7, 11) is -4.38. The number of pyridine rings is 1. The number of hydrogen-bond donors (Lipinski definition) is 3. The molecule has 0 atom stereocenters. The number of nitrogens with zero attached hydrogens (tertiary/aromatic N) is 1. The highest BCUT2D eigenvalue weighted by Crippen LogP contribution is 2.32. The van der Waals surface area contributed by atoms with Gasteiger partial charge in [-0.15, -0.1) is 0 Å². The van der Waals surface area contributed by atoms with Gasteiger partial charge in [-0.2, -0.15) is 0 Å². The van der Waals surface area contributed by atoms with Gasteiger partial charge in [0.1, 0.15) is 17.3 Å². The SMILES string of the molecule is C.CCCOc1cc(OC(C)C)cc(C(=O)Nc2ccc(P(=O)(O)O)cn2)c1. The number of benzene rings is 1. The monoisotopic (exact) mass is 410 g/mol. The Hall–Kier alpha value is -2.41. The maximum Gasteiger partial charge on any atom is 0.357 e. The molecule has 0 aliphatic rings. The zero-order valence-corrected chi connectivity index (χ0v) is 16.3. The Bertz CT molecular complexity index is 833. The van der Waals surface area contributed by atoms with Crippen LogP contribution in [0.4, 0.5) is 5.82 Å². The molecule has 1 heterocycles. The van der Waals surface area contributed by atoms with Crippen LogP contribution in [0.3, 0.4) is 0 Å². The fourth-order valence-corrected chi connectivity index (χ4v) is 2.64. The molecule has 1 amide bonds. The van der Waals surface area contributed by atoms with Crippen molar-refractivity contribution in [2.45, 2.75) is 40.7 Å². The molecular weight excluding hydrogens is 383 g/mol. The van der Waals surface area contributed by atoms with Crippen molar-refractivity contribution in [2.75, 3.05) is 11.9 Å². The van der Waals surface area contributed by atoms with Crippen molar-refractivity contribution in [3.05, 3.63) is 42.1 Å². The van der Waals surface area contributed by atoms with Gasteiger partial charge in [0.05, 0.1) is 18.0 Å². The second-order valence-corrected chi connectivity index (χ2v) is 7.71. The van der Waals surface area contributed by atoms with E-state index < -0.39 is 13.5 Å². The van der Waals surface area contributed by atoms with Crippen molar-refractivity contribution >= 4 is 24.6 Å². The number of ether oxygens (including phenoxy) is 2. The quantitative estimate of drug-likeness (QED) is 0.571. The van der Waals surface area contributed by atoms with Crippen molar-refractivity contribution in [2.24, 2.45) is 0 Å². The minimum atomic E-state index is -4.38. The van der Waals surface area contributed by atoms with Gasteiger partial charge in [0.15, 0.2) is 0 Å². The number of hydrogen-bond acceptors (Lipinski definition) is 5. The van der Waals surface area contributed by atoms with E-state index in [-0.39, 0.29) is 24.7 Å². The van der Waals surface area contributed by atoms with E-state index in [1.807, 2.05) is 20.8 Å². The molecule has 8 nitrogen and oxygen atoms in total. The Morgan fingerprint density at radius 2 is 1.89 bits per heavy atom. The summed E-state index contributed by atoms with van der Waals surface area (Å²) in [6.45, 7) is 6.25. The van der Waals surface area contributed by atoms with Gasteiger partial charge < -0.3 is 24.6 Å². The average molecular weight is 410 g/mol. The van der Waals surface area contributed by atoms with Crippen molar-refractivity contribution in [3.63, 3.8) is 0 Å². The molecule has 0 bridgehead atoms. The third-order valence-electron chi connectivity index (χ3n) is 3.31. The van der Waals surface area contributed by atoms with Crippen LogP contribution in [0, 0.1) is 0 Å². The Labute approximate surface area is 165 Å². The van der Waals surface area contributed by atoms with Gasteiger partial charge in [-0.25, -0.2) is 4.98 Å². The molecule has 9 heteroatoms. The molecule has 0 saturated carbocycles. The maximum absolute atomic E-state index is 12.5. The molecular formula is C19H27N2O6P. The molecule has 0 aliphatic heterocycles. The van der Waals surface area contributed by atoms with Gasteiger partial charge in [-0.3, -0.25) is 9.36 Å². The van der Waals surface area contributed by atoms with Gasteiger partial charge in [-0.05, 0) is 44.5 Å². The van der Waals surface area contributed by atoms with Crippen molar-refractivity contribution in [3.8, 4) is 11.5 Å². The number of nitrogens with one attached hydrogen (secondary N) is 1. The number of aromatic nitrogens is 1. The van der Waals surface area contributed by atoms with Crippen LogP contribution in [0.2, 0.25) is 0 Å². The summed E-state index contributed by atoms with van der Waals surface area (Å²) in [5.74, 6) is 0.754. The van der Waals surface area contributed by atoms with Crippen LogP contribution < -0.4 is 20.1 Å². The van der Waals surface area contributed by atoms with Gasteiger partial charge in [0, 0.05) is 17.8 Å². The van der Waals surface area contributed by atoms with Crippen LogP contribution in [-0.4, -0.2) is 33.4 Å². The van der Waals surface area contributed by atoms with E-state index in [2.05, 4.69) is 10.3 Å². The van der Waals surface area contributed by atoms with E-state index in [0.29, 0.717) is 23.7 Å². The van der Waals surface area contributed by atoms with Crippen LogP contribution in [0.25, 0.3) is 0 Å². The molecule has 0 radical (unpaired) electrons. The Morgan fingerprint density at radius 3 is 2.43 bits per heavy atom. The van der Waals surface area contributed by atoms with E-state index in [1.165, 1.54) is 12.1 Å². The van der Waals surface area contributed by atoms with Gasteiger partial charge in [-0.1, -0.05) is 14.4 Å². The molecule has 154 valence electrons. The van der Waals surface area contributed by atoms with Crippen molar-refractivity contribution in [1.82, 2.24) is 4.98 Å². The lowest BCUT2D eigenvalue weighted by Crippen LogP contribution is -2.15. The van der Waals surface area contributed by atoms with Crippen LogP contribution in [0.1, 0.15) is 45.0 Å². The zero-order valence-electron chi connectivity index (χ0n) is 15.4. The Balaban J connectivity index is 0.00000392. The third kappa shape index (κ3) is 6.96. The van der Waals surface area contributed by atoms with Crippen LogP contribution in [-0.2, 0) is 4.57 Å². The summed E-state index contributed by atoms with van der Waals surface area (Å²) in [5.41, 5.74) is 0.320. The highest BCUT2D eigenvalue weighted by atomic mass is 31.2. The molecule has 0 fully saturated rings. The molecule has 1 aromatic carbocycles. The zero-order chi connectivity index (χ0) is 20.0. The van der Waals surface area contributed by atoms with Crippen LogP contribution in [0.5, 0.6) is 11.5 Å². The van der Waals surface area contributed by atoms with Crippen LogP contribution in [0.15, 0.2) is 36.5 Å². The van der Waals surface area contributed by atoms with E-state index in [1.54, 1.807) is 18.2 Å². The predicted octanol–water partition coefficient (Wildman–Crippen LogP) is 3.35. The minimum absolute atomic E-state index is 0. The first-order chi connectivity index (χ1) is 12.7. The summed E-state index contributed by atoms with van der Waals surface area (Å²) in [5, 5.41) is 2.37.